The summed E-state index contributed by atoms with van der Waals surface area (Å²) in [5.74, 6) is -1.05. The van der Waals surface area contributed by atoms with Crippen LogP contribution in [0.1, 0.15) is 6.42 Å². The van der Waals surface area contributed by atoms with E-state index in [-0.39, 0.29) is 19.6 Å². The maximum atomic E-state index is 12.7. The van der Waals surface area contributed by atoms with Gasteiger partial charge in [-0.2, -0.15) is 0 Å². The van der Waals surface area contributed by atoms with E-state index in [9.17, 15) is 40.5 Å². The Morgan fingerprint density at radius 1 is 0.824 bits per heavy atom. The predicted molar refractivity (Wildman–Crippen MR) is 171 cm³/mol. The van der Waals surface area contributed by atoms with Crippen LogP contribution in [-0.4, -0.2) is 202 Å². The summed E-state index contributed by atoms with van der Waals surface area (Å²) in [5, 5.41) is 88.3. The first-order valence-electron chi connectivity index (χ1n) is 16.8. The summed E-state index contributed by atoms with van der Waals surface area (Å²) in [6.45, 7) is -0.814. The minimum atomic E-state index is -1.93. The quantitative estimate of drug-likeness (QED) is 0.0515. The van der Waals surface area contributed by atoms with E-state index < -0.39 is 135 Å². The largest absolute Gasteiger partial charge is 0.395 e. The third-order valence-electron chi connectivity index (χ3n) is 9.35. The Kier molecular flexibility index (Phi) is 15.8. The highest BCUT2D eigenvalue weighted by molar-refractivity contribution is 5.81. The molecule has 2 saturated heterocycles. The number of rotatable bonds is 16. The fraction of sp³-hybridized carbons (Fsp3) is 0.897. The molecule has 4 aliphatic rings. The van der Waals surface area contributed by atoms with Crippen molar-refractivity contribution in [2.45, 2.75) is 123 Å². The van der Waals surface area contributed by atoms with Crippen molar-refractivity contribution in [1.29, 1.82) is 0 Å². The number of carbonyl (C=O) groups is 1. The van der Waals surface area contributed by atoms with E-state index in [4.69, 9.17) is 62.2 Å². The molecular weight excluding hydrogens is 686 g/mol. The van der Waals surface area contributed by atoms with Gasteiger partial charge in [-0.3, -0.25) is 4.79 Å². The van der Waals surface area contributed by atoms with Gasteiger partial charge in [-0.05, 0) is 6.42 Å². The molecule has 0 aromatic carbocycles. The molecule has 3 heterocycles. The summed E-state index contributed by atoms with van der Waals surface area (Å²) in [4.78, 5) is 12.7. The van der Waals surface area contributed by atoms with Crippen LogP contribution in [-0.2, 0) is 33.2 Å². The Balaban J connectivity index is 1.55. The number of ether oxygens (including phenoxy) is 6. The molecule has 0 aromatic heterocycles. The van der Waals surface area contributed by atoms with E-state index in [1.165, 1.54) is 0 Å². The van der Waals surface area contributed by atoms with Crippen LogP contribution in [0, 0.1) is 0 Å². The summed E-state index contributed by atoms with van der Waals surface area (Å²) in [6, 6.07) is -4.30. The Bertz CT molecular complexity index is 1120. The number of aliphatic hydroxyl groups is 8. The SMILES string of the molecule is NC[C@@H](O)C(O)C(=O)N[C@@H]1C[C@H](N)[C@@H](O[C@H]2O[C@H](CNCCO)C=C[C@H]2N)[C@H](O[C@@H]2O[C@H](CO)[C@@H](O[C@H]3O[C@@H](CN)[C@@H](O)[C@H](O)[C@H]3N)[C@H]2O)[C@H]1O. The van der Waals surface area contributed by atoms with Gasteiger partial charge in [0.2, 0.25) is 0 Å². The maximum absolute atomic E-state index is 12.7. The summed E-state index contributed by atoms with van der Waals surface area (Å²) < 4.78 is 35.6. The van der Waals surface area contributed by atoms with E-state index in [0.29, 0.717) is 13.1 Å². The minimum Gasteiger partial charge on any atom is -0.395 e. The number of amides is 1. The Morgan fingerprint density at radius 3 is 2.14 bits per heavy atom. The number of carbonyl (C=O) groups excluding carboxylic acids is 1. The number of nitrogens with one attached hydrogen (secondary N) is 2. The second-order valence-electron chi connectivity index (χ2n) is 13.0. The van der Waals surface area contributed by atoms with Crippen molar-refractivity contribution in [3.8, 4) is 0 Å². The van der Waals surface area contributed by atoms with Crippen molar-refractivity contribution in [3.05, 3.63) is 12.2 Å². The highest BCUT2D eigenvalue weighted by Crippen LogP contribution is 2.34. The Labute approximate surface area is 293 Å². The smallest absolute Gasteiger partial charge is 0.251 e. The van der Waals surface area contributed by atoms with Crippen LogP contribution in [0.3, 0.4) is 0 Å². The second kappa shape index (κ2) is 19.1. The lowest BCUT2D eigenvalue weighted by atomic mass is 9.83. The Morgan fingerprint density at radius 2 is 1.49 bits per heavy atom. The monoisotopic (exact) mass is 741 g/mol. The standard InChI is InChI=1S/C29H55N7O15/c30-6-14(39)19(41)26(45)36-13-5-12(33)23(49-27-11(32)2-1-10(46-27)8-35-3-4-37)25(18(13)40)51-29-22(44)24(16(9-38)48-29)50-28-17(34)21(43)20(42)15(7-31)47-28/h1-2,10-25,27-29,35,37-44H,3-9,30-34H2,(H,36,45)/t10-,11+,12-,13+,14+,15-,16+,17+,18-,19?,20+,21+,22+,23+,24+,25+,27+,28+,29-/m0/s1. The first-order chi connectivity index (χ1) is 24.3. The van der Waals surface area contributed by atoms with Crippen LogP contribution >= 0.6 is 0 Å². The molecule has 19 atom stereocenters. The average Bonchev–Trinajstić information content (AvgIpc) is 3.41. The molecule has 0 aromatic rings. The van der Waals surface area contributed by atoms with Crippen LogP contribution in [0.25, 0.3) is 0 Å². The predicted octanol–water partition coefficient (Wildman–Crippen LogP) is -9.60. The number of nitrogens with two attached hydrogens (primary N) is 5. The fourth-order valence-electron chi connectivity index (χ4n) is 6.37. The first kappa shape index (κ1) is 42.2. The minimum absolute atomic E-state index is 0.0957. The molecule has 3 aliphatic heterocycles. The summed E-state index contributed by atoms with van der Waals surface area (Å²) in [5.41, 5.74) is 29.8. The molecule has 1 aliphatic carbocycles. The van der Waals surface area contributed by atoms with Crippen LogP contribution < -0.4 is 39.3 Å². The molecule has 20 N–H and O–H groups in total. The molecule has 0 bridgehead atoms. The van der Waals surface area contributed by atoms with Gasteiger partial charge in [0.25, 0.3) is 5.91 Å². The van der Waals surface area contributed by atoms with E-state index >= 15 is 0 Å². The molecule has 51 heavy (non-hydrogen) atoms. The number of hydrogen-bond acceptors (Lipinski definition) is 21. The van der Waals surface area contributed by atoms with Crippen molar-refractivity contribution in [2.24, 2.45) is 28.7 Å². The fourth-order valence-corrected chi connectivity index (χ4v) is 6.37. The third-order valence-corrected chi connectivity index (χ3v) is 9.35. The molecule has 22 nitrogen and oxygen atoms in total. The van der Waals surface area contributed by atoms with Crippen LogP contribution in [0.4, 0.5) is 0 Å². The maximum Gasteiger partial charge on any atom is 0.251 e. The topological polar surface area (TPSA) is 388 Å². The zero-order chi connectivity index (χ0) is 37.6. The molecule has 4 rings (SSSR count). The summed E-state index contributed by atoms with van der Waals surface area (Å²) in [7, 11) is 0. The Hall–Kier alpha value is -1.59. The van der Waals surface area contributed by atoms with Crippen LogP contribution in [0.5, 0.6) is 0 Å². The number of hydrogen-bond donors (Lipinski definition) is 15. The lowest BCUT2D eigenvalue weighted by molar-refractivity contribution is -0.284. The molecule has 22 heteroatoms. The van der Waals surface area contributed by atoms with E-state index in [1.54, 1.807) is 12.2 Å². The van der Waals surface area contributed by atoms with E-state index in [1.807, 2.05) is 0 Å². The van der Waals surface area contributed by atoms with Gasteiger partial charge in [0.15, 0.2) is 25.0 Å². The molecule has 3 fully saturated rings. The highest BCUT2D eigenvalue weighted by Gasteiger charge is 2.54. The van der Waals surface area contributed by atoms with Gasteiger partial charge in [-0.15, -0.1) is 0 Å². The van der Waals surface area contributed by atoms with Gasteiger partial charge >= 0.3 is 0 Å². The van der Waals surface area contributed by atoms with Crippen LogP contribution in [0.15, 0.2) is 12.2 Å². The van der Waals surface area contributed by atoms with Crippen molar-refractivity contribution in [1.82, 2.24) is 10.6 Å². The van der Waals surface area contributed by atoms with Crippen molar-refractivity contribution < 1.29 is 74.1 Å². The van der Waals surface area contributed by atoms with E-state index in [0.717, 1.165) is 0 Å². The average molecular weight is 742 g/mol. The lowest BCUT2D eigenvalue weighted by Gasteiger charge is -2.46. The molecule has 1 saturated carbocycles. The second-order valence-corrected chi connectivity index (χ2v) is 13.0. The van der Waals surface area contributed by atoms with Gasteiger partial charge in [0, 0.05) is 32.2 Å². The van der Waals surface area contributed by atoms with Gasteiger partial charge in [0.05, 0.1) is 37.4 Å². The lowest BCUT2D eigenvalue weighted by Crippen LogP contribution is -2.67. The van der Waals surface area contributed by atoms with Gasteiger partial charge in [-0.1, -0.05) is 12.2 Å². The molecule has 0 radical (unpaired) electrons. The van der Waals surface area contributed by atoms with Crippen LogP contribution in [0.2, 0.25) is 0 Å². The van der Waals surface area contributed by atoms with Gasteiger partial charge in [0.1, 0.15) is 61.0 Å². The number of aliphatic hydroxyl groups excluding tert-OH is 8. The van der Waals surface area contributed by atoms with Gasteiger partial charge in [-0.25, -0.2) is 0 Å². The molecule has 1 amide bonds. The first-order valence-corrected chi connectivity index (χ1v) is 16.8. The molecule has 0 spiro atoms. The summed E-state index contributed by atoms with van der Waals surface area (Å²) >= 11 is 0. The molecular formula is C29H55N7O15. The van der Waals surface area contributed by atoms with Crippen molar-refractivity contribution >= 4 is 5.91 Å². The van der Waals surface area contributed by atoms with Crippen molar-refractivity contribution in [2.75, 3.05) is 39.4 Å². The molecule has 1 unspecified atom stereocenters. The third kappa shape index (κ3) is 9.94. The van der Waals surface area contributed by atoms with E-state index in [2.05, 4.69) is 10.6 Å². The van der Waals surface area contributed by atoms with Gasteiger partial charge < -0.3 is 109 Å². The molecule has 296 valence electrons. The zero-order valence-corrected chi connectivity index (χ0v) is 27.9. The zero-order valence-electron chi connectivity index (χ0n) is 27.9. The highest BCUT2D eigenvalue weighted by atomic mass is 16.8. The normalized spacial score (nSPS) is 44.3. The summed E-state index contributed by atoms with van der Waals surface area (Å²) in [6.07, 6.45) is -17.7. The van der Waals surface area contributed by atoms with Crippen molar-refractivity contribution in [3.63, 3.8) is 0 Å².